The van der Waals surface area contributed by atoms with Gasteiger partial charge in [-0.3, -0.25) is 14.9 Å². The van der Waals surface area contributed by atoms with Crippen LogP contribution in [0.1, 0.15) is 20.3 Å². The molecule has 5 nitrogen and oxygen atoms in total. The first-order chi connectivity index (χ1) is 7.06. The maximum absolute atomic E-state index is 11.6. The highest BCUT2D eigenvalue weighted by atomic mass is 16.2. The highest BCUT2D eigenvalue weighted by Crippen LogP contribution is 2.08. The highest BCUT2D eigenvalue weighted by Gasteiger charge is 2.30. The third-order valence-corrected chi connectivity index (χ3v) is 2.62. The maximum Gasteiger partial charge on any atom is 0.239 e. The van der Waals surface area contributed by atoms with E-state index in [0.29, 0.717) is 6.54 Å². The van der Waals surface area contributed by atoms with Crippen LogP contribution in [0.25, 0.3) is 0 Å². The first-order valence-electron chi connectivity index (χ1n) is 5.35. The number of hydrogen-bond acceptors (Lipinski definition) is 3. The zero-order valence-corrected chi connectivity index (χ0v) is 9.54. The average Bonchev–Trinajstić information content (AvgIpc) is 2.50. The minimum Gasteiger partial charge on any atom is -0.355 e. The van der Waals surface area contributed by atoms with Crippen LogP contribution in [0.5, 0.6) is 0 Å². The molecule has 2 N–H and O–H groups in total. The van der Waals surface area contributed by atoms with Crippen molar-refractivity contribution < 1.29 is 9.59 Å². The van der Waals surface area contributed by atoms with Crippen LogP contribution >= 0.6 is 0 Å². The Hall–Kier alpha value is -1.10. The zero-order chi connectivity index (χ0) is 11.4. The number of carbonyl (C=O) groups excluding carboxylic acids is 2. The fraction of sp³-hybridized carbons (Fsp3) is 0.800. The van der Waals surface area contributed by atoms with Gasteiger partial charge in [0.2, 0.25) is 11.8 Å². The molecule has 1 saturated heterocycles. The number of likely N-dealkylation sites (tertiary alicyclic amines) is 1. The summed E-state index contributed by atoms with van der Waals surface area (Å²) in [6.07, 6.45) is 0.777. The monoisotopic (exact) mass is 213 g/mol. The fourth-order valence-electron chi connectivity index (χ4n) is 1.68. The summed E-state index contributed by atoms with van der Waals surface area (Å²) < 4.78 is 0. The molecule has 86 valence electrons. The van der Waals surface area contributed by atoms with Crippen molar-refractivity contribution in [2.24, 2.45) is 0 Å². The number of hydrogen-bond donors (Lipinski definition) is 2. The third kappa shape index (κ3) is 2.92. The molecule has 0 spiro atoms. The SMILES string of the molecule is CCNC(=O)C(C)NC1CCN(C)C1=O. The molecule has 1 rings (SSSR count). The molecule has 0 aromatic rings. The van der Waals surface area contributed by atoms with Crippen molar-refractivity contribution in [3.8, 4) is 0 Å². The van der Waals surface area contributed by atoms with E-state index in [1.165, 1.54) is 0 Å². The van der Waals surface area contributed by atoms with Crippen molar-refractivity contribution in [2.75, 3.05) is 20.1 Å². The van der Waals surface area contributed by atoms with Gasteiger partial charge in [-0.25, -0.2) is 0 Å². The molecule has 2 unspecified atom stereocenters. The number of likely N-dealkylation sites (N-methyl/N-ethyl adjacent to an activating group) is 2. The van der Waals surface area contributed by atoms with Crippen LogP contribution in [0.4, 0.5) is 0 Å². The molecular formula is C10H19N3O2. The summed E-state index contributed by atoms with van der Waals surface area (Å²) in [5.74, 6) is 0.0194. The summed E-state index contributed by atoms with van der Waals surface area (Å²) in [6, 6.07) is -0.516. The van der Waals surface area contributed by atoms with Gasteiger partial charge in [0.15, 0.2) is 0 Å². The Balaban J connectivity index is 2.41. The van der Waals surface area contributed by atoms with E-state index in [0.717, 1.165) is 13.0 Å². The summed E-state index contributed by atoms with van der Waals surface area (Å²) in [6.45, 7) is 5.03. The summed E-state index contributed by atoms with van der Waals surface area (Å²) in [7, 11) is 1.78. The van der Waals surface area contributed by atoms with E-state index in [4.69, 9.17) is 0 Å². The Labute approximate surface area is 90.2 Å². The Kier molecular flexibility index (Phi) is 4.08. The maximum atomic E-state index is 11.6. The van der Waals surface area contributed by atoms with Gasteiger partial charge >= 0.3 is 0 Å². The average molecular weight is 213 g/mol. The lowest BCUT2D eigenvalue weighted by Crippen LogP contribution is -2.49. The molecule has 1 fully saturated rings. The molecule has 0 aliphatic carbocycles. The van der Waals surface area contributed by atoms with Crippen LogP contribution in [0.2, 0.25) is 0 Å². The molecule has 0 radical (unpaired) electrons. The molecule has 0 saturated carbocycles. The van der Waals surface area contributed by atoms with E-state index in [9.17, 15) is 9.59 Å². The number of rotatable bonds is 4. The second-order valence-corrected chi connectivity index (χ2v) is 3.88. The van der Waals surface area contributed by atoms with Gasteiger partial charge < -0.3 is 10.2 Å². The molecule has 0 aromatic heterocycles. The van der Waals surface area contributed by atoms with Crippen LogP contribution < -0.4 is 10.6 Å². The molecule has 1 aliphatic rings. The second kappa shape index (κ2) is 5.11. The Morgan fingerprint density at radius 3 is 2.80 bits per heavy atom. The first kappa shape index (κ1) is 12.0. The predicted molar refractivity (Wildman–Crippen MR) is 57.3 cm³/mol. The molecule has 2 atom stereocenters. The molecule has 2 amide bonds. The minimum atomic E-state index is -0.314. The normalized spacial score (nSPS) is 23.0. The van der Waals surface area contributed by atoms with E-state index >= 15 is 0 Å². The van der Waals surface area contributed by atoms with Crippen molar-refractivity contribution >= 4 is 11.8 Å². The topological polar surface area (TPSA) is 61.4 Å². The van der Waals surface area contributed by atoms with Crippen molar-refractivity contribution in [3.05, 3.63) is 0 Å². The Morgan fingerprint density at radius 2 is 2.33 bits per heavy atom. The van der Waals surface area contributed by atoms with Crippen molar-refractivity contribution in [1.82, 2.24) is 15.5 Å². The van der Waals surface area contributed by atoms with Crippen LogP contribution in [-0.4, -0.2) is 48.9 Å². The van der Waals surface area contributed by atoms with Gasteiger partial charge in [-0.1, -0.05) is 0 Å². The van der Waals surface area contributed by atoms with Gasteiger partial charge in [0.05, 0.1) is 12.1 Å². The summed E-state index contributed by atoms with van der Waals surface area (Å²) in [5.41, 5.74) is 0. The third-order valence-electron chi connectivity index (χ3n) is 2.62. The van der Waals surface area contributed by atoms with E-state index < -0.39 is 0 Å². The second-order valence-electron chi connectivity index (χ2n) is 3.88. The van der Waals surface area contributed by atoms with Crippen molar-refractivity contribution in [1.29, 1.82) is 0 Å². The largest absolute Gasteiger partial charge is 0.355 e. The highest BCUT2D eigenvalue weighted by molar-refractivity contribution is 5.86. The van der Waals surface area contributed by atoms with Gasteiger partial charge in [-0.15, -0.1) is 0 Å². The molecule has 15 heavy (non-hydrogen) atoms. The van der Waals surface area contributed by atoms with Gasteiger partial charge in [0.25, 0.3) is 0 Å². The fourth-order valence-corrected chi connectivity index (χ4v) is 1.68. The van der Waals surface area contributed by atoms with Gasteiger partial charge in [-0.2, -0.15) is 0 Å². The summed E-state index contributed by atoms with van der Waals surface area (Å²) in [4.78, 5) is 24.7. The van der Waals surface area contributed by atoms with E-state index in [1.54, 1.807) is 18.9 Å². The molecule has 0 bridgehead atoms. The van der Waals surface area contributed by atoms with Crippen LogP contribution in [0.15, 0.2) is 0 Å². The molecule has 1 aliphatic heterocycles. The Morgan fingerprint density at radius 1 is 1.67 bits per heavy atom. The Bertz CT molecular complexity index is 255. The van der Waals surface area contributed by atoms with E-state index in [-0.39, 0.29) is 23.9 Å². The van der Waals surface area contributed by atoms with Crippen LogP contribution in [0.3, 0.4) is 0 Å². The first-order valence-corrected chi connectivity index (χ1v) is 5.35. The molecule has 1 heterocycles. The number of nitrogens with zero attached hydrogens (tertiary/aromatic N) is 1. The number of nitrogens with one attached hydrogen (secondary N) is 2. The van der Waals surface area contributed by atoms with Gasteiger partial charge in [-0.05, 0) is 20.3 Å². The van der Waals surface area contributed by atoms with E-state index in [1.807, 2.05) is 6.92 Å². The van der Waals surface area contributed by atoms with Crippen molar-refractivity contribution in [2.45, 2.75) is 32.4 Å². The zero-order valence-electron chi connectivity index (χ0n) is 9.54. The summed E-state index contributed by atoms with van der Waals surface area (Å²) >= 11 is 0. The minimum absolute atomic E-state index is 0.0557. The summed E-state index contributed by atoms with van der Waals surface area (Å²) in [5, 5.41) is 5.76. The van der Waals surface area contributed by atoms with Crippen LogP contribution in [0, 0.1) is 0 Å². The number of carbonyl (C=O) groups is 2. The molecule has 0 aromatic carbocycles. The molecule has 5 heteroatoms. The standard InChI is InChI=1S/C10H19N3O2/c1-4-11-9(14)7(2)12-8-5-6-13(3)10(8)15/h7-8,12H,4-6H2,1-3H3,(H,11,14). The lowest BCUT2D eigenvalue weighted by atomic mass is 10.2. The van der Waals surface area contributed by atoms with Gasteiger partial charge in [0, 0.05) is 20.1 Å². The van der Waals surface area contributed by atoms with Crippen molar-refractivity contribution in [3.63, 3.8) is 0 Å². The molecular weight excluding hydrogens is 194 g/mol. The smallest absolute Gasteiger partial charge is 0.239 e. The predicted octanol–water partition coefficient (Wildman–Crippen LogP) is -0.669. The van der Waals surface area contributed by atoms with Gasteiger partial charge in [0.1, 0.15) is 0 Å². The van der Waals surface area contributed by atoms with E-state index in [2.05, 4.69) is 10.6 Å². The quantitative estimate of drug-likeness (QED) is 0.651. The lowest BCUT2D eigenvalue weighted by Gasteiger charge is -2.17. The van der Waals surface area contributed by atoms with Crippen LogP contribution in [-0.2, 0) is 9.59 Å². The number of amides is 2. The lowest BCUT2D eigenvalue weighted by molar-refractivity contribution is -0.129.